The van der Waals surface area contributed by atoms with Gasteiger partial charge in [0.05, 0.1) is 16.4 Å². The molecule has 2 fully saturated rings. The predicted octanol–water partition coefficient (Wildman–Crippen LogP) is 6.33. The first-order valence-electron chi connectivity index (χ1n) is 10.2. The Balaban J connectivity index is 1.60. The van der Waals surface area contributed by atoms with Crippen molar-refractivity contribution in [1.29, 1.82) is 0 Å². The molecule has 0 radical (unpaired) electrons. The van der Waals surface area contributed by atoms with Gasteiger partial charge in [-0.15, -0.1) is 5.10 Å². The first-order valence-corrected chi connectivity index (χ1v) is 12.1. The van der Waals surface area contributed by atoms with Crippen LogP contribution in [-0.2, 0) is 0 Å². The Hall–Kier alpha value is -1.95. The molecule has 1 saturated carbocycles. The van der Waals surface area contributed by atoms with Crippen molar-refractivity contribution in [2.45, 2.75) is 12.8 Å². The maximum absolute atomic E-state index is 6.51. The lowest BCUT2D eigenvalue weighted by Gasteiger charge is -2.29. The number of rotatable bonds is 4. The lowest BCUT2D eigenvalue weighted by molar-refractivity contribution is 0.450. The average Bonchev–Trinajstić information content (AvgIpc) is 3.53. The molecular formula is C23H22Cl2N4S. The monoisotopic (exact) mass is 456 g/mol. The average molecular weight is 457 g/mol. The third-order valence-corrected chi connectivity index (χ3v) is 6.94. The van der Waals surface area contributed by atoms with Crippen molar-refractivity contribution in [3.8, 4) is 16.9 Å². The number of thioether (sulfide) groups is 1. The SMILES string of the molecule is Clc1ccc(-c2cc(N=C(C3CC3)N3CCSCC3)nn2-c2ccccc2Cl)cc1. The molecule has 2 aliphatic rings. The van der Waals surface area contributed by atoms with E-state index < -0.39 is 0 Å². The standard InChI is InChI=1S/C23H22Cl2N4S/c24-18-9-7-16(8-10-18)21-15-22(27-29(21)20-4-2-1-3-19(20)25)26-23(17-5-6-17)28-11-13-30-14-12-28/h1-4,7-10,15,17H,5-6,11-14H2. The van der Waals surface area contributed by atoms with Crippen LogP contribution in [0.1, 0.15) is 12.8 Å². The molecule has 1 aliphatic heterocycles. The Morgan fingerprint density at radius 3 is 2.43 bits per heavy atom. The van der Waals surface area contributed by atoms with Crippen LogP contribution in [0.4, 0.5) is 5.82 Å². The molecule has 4 nitrogen and oxygen atoms in total. The highest BCUT2D eigenvalue weighted by atomic mass is 35.5. The Morgan fingerprint density at radius 1 is 1.00 bits per heavy atom. The van der Waals surface area contributed by atoms with Crippen molar-refractivity contribution in [3.63, 3.8) is 0 Å². The van der Waals surface area contributed by atoms with Gasteiger partial charge in [0.1, 0.15) is 5.84 Å². The summed E-state index contributed by atoms with van der Waals surface area (Å²) < 4.78 is 1.89. The topological polar surface area (TPSA) is 33.4 Å². The number of para-hydroxylation sites is 1. The Kier molecular flexibility index (Phi) is 5.77. The van der Waals surface area contributed by atoms with Crippen LogP contribution < -0.4 is 0 Å². The van der Waals surface area contributed by atoms with Gasteiger partial charge >= 0.3 is 0 Å². The molecule has 0 unspecified atom stereocenters. The highest BCUT2D eigenvalue weighted by Crippen LogP contribution is 2.36. The first-order chi connectivity index (χ1) is 14.7. The fourth-order valence-electron chi connectivity index (χ4n) is 3.73. The van der Waals surface area contributed by atoms with Gasteiger partial charge in [0.2, 0.25) is 0 Å². The Labute approximate surface area is 190 Å². The minimum atomic E-state index is 0.567. The summed E-state index contributed by atoms with van der Waals surface area (Å²) >= 11 is 14.6. The zero-order valence-electron chi connectivity index (χ0n) is 16.5. The molecule has 1 aliphatic carbocycles. The molecule has 0 atom stereocenters. The van der Waals surface area contributed by atoms with Crippen LogP contribution in [0.5, 0.6) is 0 Å². The van der Waals surface area contributed by atoms with E-state index in [1.54, 1.807) is 0 Å². The van der Waals surface area contributed by atoms with Gasteiger partial charge in [-0.05, 0) is 37.1 Å². The van der Waals surface area contributed by atoms with Crippen molar-refractivity contribution < 1.29 is 0 Å². The van der Waals surface area contributed by atoms with Gasteiger partial charge in [0.25, 0.3) is 0 Å². The highest BCUT2D eigenvalue weighted by Gasteiger charge is 2.32. The van der Waals surface area contributed by atoms with Crippen LogP contribution in [0, 0.1) is 5.92 Å². The van der Waals surface area contributed by atoms with Crippen molar-refractivity contribution in [3.05, 3.63) is 64.6 Å². The molecule has 0 spiro atoms. The number of hydrogen-bond donors (Lipinski definition) is 0. The van der Waals surface area contributed by atoms with Crippen LogP contribution in [0.25, 0.3) is 16.9 Å². The Bertz CT molecular complexity index is 1070. The molecule has 5 rings (SSSR count). The number of benzene rings is 2. The number of hydrogen-bond acceptors (Lipinski definition) is 3. The summed E-state index contributed by atoms with van der Waals surface area (Å²) in [6.07, 6.45) is 2.44. The van der Waals surface area contributed by atoms with E-state index in [1.807, 2.05) is 71.0 Å². The van der Waals surface area contributed by atoms with E-state index in [-0.39, 0.29) is 0 Å². The quantitative estimate of drug-likeness (QED) is 0.339. The smallest absolute Gasteiger partial charge is 0.176 e. The molecule has 2 aromatic carbocycles. The van der Waals surface area contributed by atoms with E-state index in [0.717, 1.165) is 47.4 Å². The zero-order valence-corrected chi connectivity index (χ0v) is 18.8. The molecule has 1 aromatic heterocycles. The number of nitrogens with zero attached hydrogens (tertiary/aromatic N) is 4. The van der Waals surface area contributed by atoms with Crippen LogP contribution in [0.15, 0.2) is 59.6 Å². The van der Waals surface area contributed by atoms with E-state index in [4.69, 9.17) is 33.3 Å². The van der Waals surface area contributed by atoms with E-state index in [1.165, 1.54) is 18.7 Å². The third-order valence-electron chi connectivity index (χ3n) is 5.42. The van der Waals surface area contributed by atoms with Gasteiger partial charge in [-0.2, -0.15) is 11.8 Å². The number of halogens is 2. The van der Waals surface area contributed by atoms with Crippen LogP contribution >= 0.6 is 35.0 Å². The van der Waals surface area contributed by atoms with Crippen molar-refractivity contribution in [2.75, 3.05) is 24.6 Å². The van der Waals surface area contributed by atoms with E-state index >= 15 is 0 Å². The number of amidine groups is 1. The van der Waals surface area contributed by atoms with Gasteiger partial charge in [0, 0.05) is 47.2 Å². The second kappa shape index (κ2) is 8.66. The lowest BCUT2D eigenvalue weighted by Crippen LogP contribution is -2.38. The van der Waals surface area contributed by atoms with Gasteiger partial charge in [-0.3, -0.25) is 0 Å². The molecule has 7 heteroatoms. The summed E-state index contributed by atoms with van der Waals surface area (Å²) in [6.45, 7) is 2.13. The van der Waals surface area contributed by atoms with Crippen molar-refractivity contribution in [1.82, 2.24) is 14.7 Å². The minimum Gasteiger partial charge on any atom is -0.358 e. The lowest BCUT2D eigenvalue weighted by atomic mass is 10.1. The maximum atomic E-state index is 6.51. The largest absolute Gasteiger partial charge is 0.358 e. The first kappa shape index (κ1) is 20.0. The molecular weight excluding hydrogens is 435 g/mol. The van der Waals surface area contributed by atoms with Crippen LogP contribution in [0.2, 0.25) is 10.0 Å². The predicted molar refractivity (Wildman–Crippen MR) is 128 cm³/mol. The molecule has 0 N–H and O–H groups in total. The zero-order chi connectivity index (χ0) is 20.5. The second-order valence-electron chi connectivity index (χ2n) is 7.60. The highest BCUT2D eigenvalue weighted by molar-refractivity contribution is 7.99. The summed E-state index contributed by atoms with van der Waals surface area (Å²) in [4.78, 5) is 7.51. The summed E-state index contributed by atoms with van der Waals surface area (Å²) in [6, 6.07) is 17.6. The maximum Gasteiger partial charge on any atom is 0.176 e. The number of aromatic nitrogens is 2. The molecule has 30 heavy (non-hydrogen) atoms. The molecule has 154 valence electrons. The summed E-state index contributed by atoms with van der Waals surface area (Å²) in [5.41, 5.74) is 2.81. The normalized spacial score (nSPS) is 17.4. The van der Waals surface area contributed by atoms with Crippen LogP contribution in [-0.4, -0.2) is 45.1 Å². The van der Waals surface area contributed by atoms with Crippen molar-refractivity contribution in [2.24, 2.45) is 10.9 Å². The van der Waals surface area contributed by atoms with Gasteiger partial charge in [0.15, 0.2) is 5.82 Å². The fourth-order valence-corrected chi connectivity index (χ4v) is 4.97. The number of aliphatic imine (C=N–C) groups is 1. The van der Waals surface area contributed by atoms with Gasteiger partial charge in [-0.25, -0.2) is 9.67 Å². The fraction of sp³-hybridized carbons (Fsp3) is 0.304. The molecule has 1 saturated heterocycles. The molecule has 0 amide bonds. The van der Waals surface area contributed by atoms with Crippen molar-refractivity contribution >= 4 is 46.6 Å². The van der Waals surface area contributed by atoms with Crippen LogP contribution in [0.3, 0.4) is 0 Å². The van der Waals surface area contributed by atoms with E-state index in [2.05, 4.69) is 4.90 Å². The van der Waals surface area contributed by atoms with Gasteiger partial charge in [-0.1, -0.05) is 47.5 Å². The summed E-state index contributed by atoms with van der Waals surface area (Å²) in [5, 5.41) is 6.23. The molecule has 0 bridgehead atoms. The van der Waals surface area contributed by atoms with E-state index in [9.17, 15) is 0 Å². The summed E-state index contributed by atoms with van der Waals surface area (Å²) in [7, 11) is 0. The minimum absolute atomic E-state index is 0.567. The summed E-state index contributed by atoms with van der Waals surface area (Å²) in [5.74, 6) is 4.81. The van der Waals surface area contributed by atoms with Gasteiger partial charge < -0.3 is 4.90 Å². The molecule has 2 heterocycles. The molecule has 3 aromatic rings. The third kappa shape index (κ3) is 4.25. The Morgan fingerprint density at radius 2 is 1.73 bits per heavy atom. The second-order valence-corrected chi connectivity index (χ2v) is 9.67. The van der Waals surface area contributed by atoms with E-state index in [0.29, 0.717) is 16.0 Å².